The van der Waals surface area contributed by atoms with E-state index in [1.807, 2.05) is 0 Å². The van der Waals surface area contributed by atoms with Gasteiger partial charge < -0.3 is 14.8 Å². The minimum absolute atomic E-state index is 0.0416. The summed E-state index contributed by atoms with van der Waals surface area (Å²) in [5.74, 6) is -0.0409. The zero-order chi connectivity index (χ0) is 17.1. The summed E-state index contributed by atoms with van der Waals surface area (Å²) in [6, 6.07) is 4.49. The SMILES string of the molecule is CCCCCCNC(=O)/C=C/c1ccc(OC(F)F)c(OC)c1. The Balaban J connectivity index is 2.54. The monoisotopic (exact) mass is 327 g/mol. The molecule has 0 fully saturated rings. The van der Waals surface area contributed by atoms with Gasteiger partial charge in [0.1, 0.15) is 0 Å². The first-order valence-corrected chi connectivity index (χ1v) is 7.65. The van der Waals surface area contributed by atoms with Crippen LogP contribution in [0.15, 0.2) is 24.3 Å². The van der Waals surface area contributed by atoms with E-state index in [2.05, 4.69) is 17.0 Å². The molecule has 6 heteroatoms. The zero-order valence-corrected chi connectivity index (χ0v) is 13.5. The van der Waals surface area contributed by atoms with Gasteiger partial charge in [0.05, 0.1) is 7.11 Å². The molecule has 0 unspecified atom stereocenters. The summed E-state index contributed by atoms with van der Waals surface area (Å²) in [5.41, 5.74) is 0.657. The van der Waals surface area contributed by atoms with Gasteiger partial charge in [-0.15, -0.1) is 0 Å². The summed E-state index contributed by atoms with van der Waals surface area (Å²) in [6.45, 7) is -0.135. The van der Waals surface area contributed by atoms with Crippen LogP contribution < -0.4 is 14.8 Å². The number of methoxy groups -OCH3 is 1. The molecule has 0 spiro atoms. The number of hydrogen-bond donors (Lipinski definition) is 1. The van der Waals surface area contributed by atoms with Gasteiger partial charge in [-0.05, 0) is 30.2 Å². The molecule has 0 saturated heterocycles. The maximum atomic E-state index is 12.2. The quantitative estimate of drug-likeness (QED) is 0.522. The van der Waals surface area contributed by atoms with Crippen molar-refractivity contribution in [3.05, 3.63) is 29.8 Å². The largest absolute Gasteiger partial charge is 0.493 e. The number of rotatable bonds is 10. The van der Waals surface area contributed by atoms with E-state index >= 15 is 0 Å². The smallest absolute Gasteiger partial charge is 0.387 e. The Bertz CT molecular complexity index is 519. The predicted molar refractivity (Wildman–Crippen MR) is 85.8 cm³/mol. The lowest BCUT2D eigenvalue weighted by molar-refractivity contribution is -0.116. The highest BCUT2D eigenvalue weighted by Gasteiger charge is 2.10. The van der Waals surface area contributed by atoms with Crippen molar-refractivity contribution in [2.75, 3.05) is 13.7 Å². The molecule has 0 atom stereocenters. The Labute approximate surface area is 135 Å². The first-order valence-electron chi connectivity index (χ1n) is 7.65. The number of alkyl halides is 2. The number of hydrogen-bond acceptors (Lipinski definition) is 3. The van der Waals surface area contributed by atoms with Gasteiger partial charge in [-0.3, -0.25) is 4.79 Å². The van der Waals surface area contributed by atoms with E-state index in [9.17, 15) is 13.6 Å². The molecular weight excluding hydrogens is 304 g/mol. The van der Waals surface area contributed by atoms with Gasteiger partial charge in [0.25, 0.3) is 0 Å². The second-order valence-corrected chi connectivity index (χ2v) is 4.97. The van der Waals surface area contributed by atoms with Crippen molar-refractivity contribution in [2.45, 2.75) is 39.2 Å². The van der Waals surface area contributed by atoms with E-state index in [4.69, 9.17) is 4.74 Å². The first kappa shape index (κ1) is 18.9. The van der Waals surface area contributed by atoms with Crippen LogP contribution in [0.4, 0.5) is 8.78 Å². The fourth-order valence-corrected chi connectivity index (χ4v) is 1.98. The van der Waals surface area contributed by atoms with E-state index in [-0.39, 0.29) is 17.4 Å². The van der Waals surface area contributed by atoms with Crippen molar-refractivity contribution in [1.29, 1.82) is 0 Å². The molecule has 0 bridgehead atoms. The van der Waals surface area contributed by atoms with Gasteiger partial charge in [0, 0.05) is 12.6 Å². The molecule has 1 aromatic carbocycles. The lowest BCUT2D eigenvalue weighted by Gasteiger charge is -2.10. The number of carbonyl (C=O) groups excluding carboxylic acids is 1. The van der Waals surface area contributed by atoms with Crippen molar-refractivity contribution in [1.82, 2.24) is 5.32 Å². The molecule has 0 heterocycles. The van der Waals surface area contributed by atoms with E-state index in [0.717, 1.165) is 19.3 Å². The van der Waals surface area contributed by atoms with Gasteiger partial charge in [-0.25, -0.2) is 0 Å². The number of amides is 1. The van der Waals surface area contributed by atoms with Crippen molar-refractivity contribution in [3.8, 4) is 11.5 Å². The number of halogens is 2. The van der Waals surface area contributed by atoms with Gasteiger partial charge in [-0.1, -0.05) is 32.3 Å². The Morgan fingerprint density at radius 2 is 2.04 bits per heavy atom. The molecule has 1 N–H and O–H groups in total. The normalized spacial score (nSPS) is 11.0. The van der Waals surface area contributed by atoms with Crippen LogP contribution in [0.5, 0.6) is 11.5 Å². The second-order valence-electron chi connectivity index (χ2n) is 4.97. The third-order valence-electron chi connectivity index (χ3n) is 3.16. The molecule has 1 amide bonds. The number of carbonyl (C=O) groups is 1. The van der Waals surface area contributed by atoms with Crippen molar-refractivity contribution in [3.63, 3.8) is 0 Å². The number of unbranched alkanes of at least 4 members (excludes halogenated alkanes) is 3. The molecule has 128 valence electrons. The summed E-state index contributed by atoms with van der Waals surface area (Å²) in [6.07, 6.45) is 7.38. The Morgan fingerprint density at radius 3 is 2.70 bits per heavy atom. The average Bonchev–Trinajstić information content (AvgIpc) is 2.53. The highest BCUT2D eigenvalue weighted by molar-refractivity contribution is 5.91. The van der Waals surface area contributed by atoms with Crippen LogP contribution in [-0.2, 0) is 4.79 Å². The molecule has 0 radical (unpaired) electrons. The molecule has 0 aromatic heterocycles. The summed E-state index contributed by atoms with van der Waals surface area (Å²) < 4.78 is 33.8. The fourth-order valence-electron chi connectivity index (χ4n) is 1.98. The lowest BCUT2D eigenvalue weighted by atomic mass is 10.2. The maximum absolute atomic E-state index is 12.2. The number of ether oxygens (including phenoxy) is 2. The molecule has 0 saturated carbocycles. The van der Waals surface area contributed by atoms with Crippen LogP contribution in [0.3, 0.4) is 0 Å². The van der Waals surface area contributed by atoms with Crippen LogP contribution in [0, 0.1) is 0 Å². The molecule has 0 aliphatic rings. The standard InChI is InChI=1S/C17H23F2NO3/c1-3-4-5-6-11-20-16(21)10-8-13-7-9-14(23-17(18)19)15(12-13)22-2/h7-10,12,17H,3-6,11H2,1-2H3,(H,20,21)/b10-8+. The second kappa shape index (κ2) is 10.6. The number of benzene rings is 1. The summed E-state index contributed by atoms with van der Waals surface area (Å²) in [4.78, 5) is 11.7. The summed E-state index contributed by atoms with van der Waals surface area (Å²) in [5, 5.41) is 2.80. The van der Waals surface area contributed by atoms with Crippen LogP contribution in [0.1, 0.15) is 38.2 Å². The van der Waals surface area contributed by atoms with Crippen molar-refractivity contribution < 1.29 is 23.0 Å². The van der Waals surface area contributed by atoms with Crippen LogP contribution in [0.25, 0.3) is 6.08 Å². The van der Waals surface area contributed by atoms with E-state index in [0.29, 0.717) is 12.1 Å². The van der Waals surface area contributed by atoms with Gasteiger partial charge >= 0.3 is 6.61 Å². The summed E-state index contributed by atoms with van der Waals surface area (Å²) >= 11 is 0. The number of nitrogens with one attached hydrogen (secondary N) is 1. The van der Waals surface area contributed by atoms with Crippen LogP contribution in [-0.4, -0.2) is 26.2 Å². The third-order valence-corrected chi connectivity index (χ3v) is 3.16. The van der Waals surface area contributed by atoms with Gasteiger partial charge in [0.15, 0.2) is 11.5 Å². The minimum atomic E-state index is -2.91. The third kappa shape index (κ3) is 7.63. The highest BCUT2D eigenvalue weighted by Crippen LogP contribution is 2.29. The molecule has 1 aromatic rings. The van der Waals surface area contributed by atoms with E-state index in [1.54, 1.807) is 12.1 Å². The Kier molecular flexibility index (Phi) is 8.72. The van der Waals surface area contributed by atoms with Gasteiger partial charge in [-0.2, -0.15) is 8.78 Å². The van der Waals surface area contributed by atoms with Crippen molar-refractivity contribution >= 4 is 12.0 Å². The van der Waals surface area contributed by atoms with Crippen LogP contribution in [0.2, 0.25) is 0 Å². The molecule has 23 heavy (non-hydrogen) atoms. The van der Waals surface area contributed by atoms with E-state index < -0.39 is 6.61 Å². The molecule has 0 aliphatic carbocycles. The predicted octanol–water partition coefficient (Wildman–Crippen LogP) is 4.01. The molecule has 1 rings (SSSR count). The zero-order valence-electron chi connectivity index (χ0n) is 13.5. The lowest BCUT2D eigenvalue weighted by Crippen LogP contribution is -2.21. The van der Waals surface area contributed by atoms with Crippen LogP contribution >= 0.6 is 0 Å². The van der Waals surface area contributed by atoms with E-state index in [1.165, 1.54) is 31.7 Å². The maximum Gasteiger partial charge on any atom is 0.387 e. The average molecular weight is 327 g/mol. The Morgan fingerprint density at radius 1 is 1.26 bits per heavy atom. The molecular formula is C17H23F2NO3. The highest BCUT2D eigenvalue weighted by atomic mass is 19.3. The first-order chi connectivity index (χ1) is 11.1. The minimum Gasteiger partial charge on any atom is -0.493 e. The topological polar surface area (TPSA) is 47.6 Å². The Hall–Kier alpha value is -2.11. The fraction of sp³-hybridized carbons (Fsp3) is 0.471. The molecule has 0 aliphatic heterocycles. The van der Waals surface area contributed by atoms with Crippen molar-refractivity contribution in [2.24, 2.45) is 0 Å². The molecule has 4 nitrogen and oxygen atoms in total. The van der Waals surface area contributed by atoms with Gasteiger partial charge in [0.2, 0.25) is 5.91 Å². The summed E-state index contributed by atoms with van der Waals surface area (Å²) in [7, 11) is 1.37.